The summed E-state index contributed by atoms with van der Waals surface area (Å²) in [5, 5.41) is 9.47. The normalized spacial score (nSPS) is 14.9. The summed E-state index contributed by atoms with van der Waals surface area (Å²) in [6, 6.07) is 3.45. The van der Waals surface area contributed by atoms with E-state index in [4.69, 9.17) is 0 Å². The molecule has 0 saturated heterocycles. The van der Waals surface area contributed by atoms with E-state index in [0.717, 1.165) is 18.9 Å². The van der Waals surface area contributed by atoms with Gasteiger partial charge in [0, 0.05) is 19.7 Å². The summed E-state index contributed by atoms with van der Waals surface area (Å²) < 4.78 is 12.7. The Kier molecular flexibility index (Phi) is 2.81. The van der Waals surface area contributed by atoms with E-state index in [0.29, 0.717) is 12.5 Å². The molecule has 1 fully saturated rings. The first-order chi connectivity index (χ1) is 7.58. The second kappa shape index (κ2) is 4.12. The lowest BCUT2D eigenvalue weighted by atomic mass is 10.1. The van der Waals surface area contributed by atoms with E-state index < -0.39 is 5.82 Å². The third-order valence-corrected chi connectivity index (χ3v) is 2.77. The van der Waals surface area contributed by atoms with Gasteiger partial charge in [0.15, 0.2) is 0 Å². The van der Waals surface area contributed by atoms with Crippen LogP contribution in [0.2, 0.25) is 0 Å². The summed E-state index contributed by atoms with van der Waals surface area (Å²) in [4.78, 5) is 13.5. The van der Waals surface area contributed by atoms with E-state index in [9.17, 15) is 14.3 Å². The molecule has 3 nitrogen and oxygen atoms in total. The zero-order valence-electron chi connectivity index (χ0n) is 9.11. The molecule has 0 radical (unpaired) electrons. The Morgan fingerprint density at radius 2 is 2.25 bits per heavy atom. The molecule has 1 saturated carbocycles. The van der Waals surface area contributed by atoms with E-state index in [-0.39, 0.29) is 17.2 Å². The van der Waals surface area contributed by atoms with Crippen LogP contribution in [0, 0.1) is 11.7 Å². The lowest BCUT2D eigenvalue weighted by Gasteiger charge is -2.17. The van der Waals surface area contributed by atoms with Gasteiger partial charge in [-0.2, -0.15) is 0 Å². The van der Waals surface area contributed by atoms with Gasteiger partial charge in [-0.1, -0.05) is 0 Å². The predicted molar refractivity (Wildman–Crippen MR) is 57.7 cm³/mol. The van der Waals surface area contributed by atoms with Crippen molar-refractivity contribution >= 4 is 5.91 Å². The fourth-order valence-corrected chi connectivity index (χ4v) is 1.66. The molecule has 2 rings (SSSR count). The number of hydrogen-bond donors (Lipinski definition) is 1. The maximum atomic E-state index is 12.7. The molecule has 0 atom stereocenters. The zero-order valence-corrected chi connectivity index (χ0v) is 9.11. The first kappa shape index (κ1) is 10.9. The Morgan fingerprint density at radius 3 is 2.81 bits per heavy atom. The third kappa shape index (κ3) is 2.32. The first-order valence-corrected chi connectivity index (χ1v) is 5.32. The molecule has 1 aromatic carbocycles. The van der Waals surface area contributed by atoms with Crippen LogP contribution in [0.15, 0.2) is 18.2 Å². The summed E-state index contributed by atoms with van der Waals surface area (Å²) in [7, 11) is 1.70. The van der Waals surface area contributed by atoms with Crippen LogP contribution in [0.25, 0.3) is 0 Å². The number of nitrogens with zero attached hydrogens (tertiary/aromatic N) is 1. The van der Waals surface area contributed by atoms with Crippen LogP contribution in [0.5, 0.6) is 5.75 Å². The average Bonchev–Trinajstić information content (AvgIpc) is 3.00. The lowest BCUT2D eigenvalue weighted by molar-refractivity contribution is 0.0785. The fraction of sp³-hybridized carbons (Fsp3) is 0.417. The lowest BCUT2D eigenvalue weighted by Crippen LogP contribution is -2.28. The molecule has 0 unspecified atom stereocenters. The minimum atomic E-state index is -0.543. The second-order valence-corrected chi connectivity index (χ2v) is 4.29. The summed E-state index contributed by atoms with van der Waals surface area (Å²) in [5.41, 5.74) is 0.157. The van der Waals surface area contributed by atoms with E-state index in [2.05, 4.69) is 0 Å². The Morgan fingerprint density at radius 1 is 1.56 bits per heavy atom. The number of phenolic OH excluding ortho intramolecular Hbond substituents is 1. The molecular formula is C12H14FNO2. The molecule has 0 aromatic heterocycles. The fourth-order valence-electron chi connectivity index (χ4n) is 1.66. The molecule has 86 valence electrons. The minimum absolute atomic E-state index is 0.157. The van der Waals surface area contributed by atoms with Crippen LogP contribution in [0.4, 0.5) is 4.39 Å². The zero-order chi connectivity index (χ0) is 11.7. The van der Waals surface area contributed by atoms with E-state index >= 15 is 0 Å². The average molecular weight is 223 g/mol. The molecule has 1 amide bonds. The van der Waals surface area contributed by atoms with Crippen molar-refractivity contribution in [3.05, 3.63) is 29.6 Å². The highest BCUT2D eigenvalue weighted by Crippen LogP contribution is 2.30. The van der Waals surface area contributed by atoms with Crippen molar-refractivity contribution in [1.82, 2.24) is 4.90 Å². The van der Waals surface area contributed by atoms with Gasteiger partial charge in [-0.25, -0.2) is 4.39 Å². The Labute approximate surface area is 93.5 Å². The number of benzene rings is 1. The van der Waals surface area contributed by atoms with Gasteiger partial charge in [0.25, 0.3) is 5.91 Å². The minimum Gasteiger partial charge on any atom is -0.507 e. The van der Waals surface area contributed by atoms with Crippen LogP contribution in [0.3, 0.4) is 0 Å². The van der Waals surface area contributed by atoms with Gasteiger partial charge in [-0.05, 0) is 30.9 Å². The number of amides is 1. The van der Waals surface area contributed by atoms with Crippen LogP contribution in [0.1, 0.15) is 23.2 Å². The van der Waals surface area contributed by atoms with Gasteiger partial charge in [0.05, 0.1) is 5.56 Å². The van der Waals surface area contributed by atoms with Crippen LogP contribution >= 0.6 is 0 Å². The molecule has 16 heavy (non-hydrogen) atoms. The Balaban J connectivity index is 2.12. The Bertz CT molecular complexity index is 415. The van der Waals surface area contributed by atoms with Crippen molar-refractivity contribution in [2.75, 3.05) is 13.6 Å². The number of rotatable bonds is 3. The SMILES string of the molecule is CN(CC1CC1)C(=O)c1ccc(F)cc1O. The van der Waals surface area contributed by atoms with Crippen molar-refractivity contribution in [2.45, 2.75) is 12.8 Å². The summed E-state index contributed by atoms with van der Waals surface area (Å²) >= 11 is 0. The van der Waals surface area contributed by atoms with Gasteiger partial charge in [0.2, 0.25) is 0 Å². The number of phenols is 1. The summed E-state index contributed by atoms with van der Waals surface area (Å²) in [6.07, 6.45) is 2.32. The largest absolute Gasteiger partial charge is 0.507 e. The first-order valence-electron chi connectivity index (χ1n) is 5.32. The van der Waals surface area contributed by atoms with Crippen LogP contribution in [-0.4, -0.2) is 29.5 Å². The second-order valence-electron chi connectivity index (χ2n) is 4.29. The summed E-state index contributed by atoms with van der Waals surface area (Å²) in [5.74, 6) is -0.507. The highest BCUT2D eigenvalue weighted by molar-refractivity contribution is 5.96. The van der Waals surface area contributed by atoms with Crippen molar-refractivity contribution in [1.29, 1.82) is 0 Å². The number of carbonyl (C=O) groups is 1. The van der Waals surface area contributed by atoms with Gasteiger partial charge in [-0.15, -0.1) is 0 Å². The molecule has 0 spiro atoms. The highest BCUT2D eigenvalue weighted by atomic mass is 19.1. The molecule has 0 bridgehead atoms. The molecule has 1 aliphatic carbocycles. The smallest absolute Gasteiger partial charge is 0.257 e. The maximum absolute atomic E-state index is 12.7. The molecule has 0 aliphatic heterocycles. The van der Waals surface area contributed by atoms with E-state index in [1.165, 1.54) is 12.1 Å². The third-order valence-electron chi connectivity index (χ3n) is 2.77. The Hall–Kier alpha value is -1.58. The topological polar surface area (TPSA) is 40.5 Å². The molecule has 1 aromatic rings. The van der Waals surface area contributed by atoms with Gasteiger partial charge in [-0.3, -0.25) is 4.79 Å². The van der Waals surface area contributed by atoms with Crippen molar-refractivity contribution in [3.63, 3.8) is 0 Å². The van der Waals surface area contributed by atoms with Crippen LogP contribution in [-0.2, 0) is 0 Å². The molecule has 0 heterocycles. The molecular weight excluding hydrogens is 209 g/mol. The van der Waals surface area contributed by atoms with Crippen molar-refractivity contribution in [2.24, 2.45) is 5.92 Å². The number of hydrogen-bond acceptors (Lipinski definition) is 2. The number of carbonyl (C=O) groups excluding carboxylic acids is 1. The number of halogens is 1. The highest BCUT2D eigenvalue weighted by Gasteiger charge is 2.26. The number of aromatic hydroxyl groups is 1. The molecule has 4 heteroatoms. The van der Waals surface area contributed by atoms with Gasteiger partial charge >= 0.3 is 0 Å². The van der Waals surface area contributed by atoms with E-state index in [1.54, 1.807) is 11.9 Å². The predicted octanol–water partition coefficient (Wildman–Crippen LogP) is 2.01. The maximum Gasteiger partial charge on any atom is 0.257 e. The standard InChI is InChI=1S/C12H14FNO2/c1-14(7-8-2-3-8)12(16)10-5-4-9(13)6-11(10)15/h4-6,8,15H,2-3,7H2,1H3. The van der Waals surface area contributed by atoms with Gasteiger partial charge in [0.1, 0.15) is 11.6 Å². The monoisotopic (exact) mass is 223 g/mol. The van der Waals surface area contributed by atoms with E-state index in [1.807, 2.05) is 0 Å². The van der Waals surface area contributed by atoms with Crippen LogP contribution < -0.4 is 0 Å². The van der Waals surface area contributed by atoms with Gasteiger partial charge < -0.3 is 10.0 Å². The molecule has 1 N–H and O–H groups in total. The van der Waals surface area contributed by atoms with Crippen molar-refractivity contribution in [3.8, 4) is 5.75 Å². The van der Waals surface area contributed by atoms with Crippen molar-refractivity contribution < 1.29 is 14.3 Å². The summed E-state index contributed by atoms with van der Waals surface area (Å²) in [6.45, 7) is 0.704. The quantitative estimate of drug-likeness (QED) is 0.851. The molecule has 1 aliphatic rings.